The summed E-state index contributed by atoms with van der Waals surface area (Å²) < 4.78 is 0. The van der Waals surface area contributed by atoms with Crippen LogP contribution in [0.4, 0.5) is 0 Å². The van der Waals surface area contributed by atoms with E-state index in [0.29, 0.717) is 0 Å². The molecule has 1 amide bonds. The first-order chi connectivity index (χ1) is 10.6. The highest BCUT2D eigenvalue weighted by Gasteiger charge is 2.23. The van der Waals surface area contributed by atoms with Crippen LogP contribution in [-0.2, 0) is 10.5 Å². The van der Waals surface area contributed by atoms with E-state index in [1.807, 2.05) is 30.0 Å². The van der Waals surface area contributed by atoms with Crippen LogP contribution in [-0.4, -0.2) is 43.2 Å². The number of carbonyl (C=O) groups excluding carboxylic acids is 1. The van der Waals surface area contributed by atoms with E-state index in [4.69, 9.17) is 11.6 Å². The summed E-state index contributed by atoms with van der Waals surface area (Å²) in [5.74, 6) is 2.43. The minimum absolute atomic E-state index is 0.179. The Morgan fingerprint density at radius 2 is 2.36 bits per heavy atom. The molecule has 1 aliphatic rings. The zero-order chi connectivity index (χ0) is 15.8. The number of piperidine rings is 1. The molecule has 1 atom stereocenters. The maximum Gasteiger partial charge on any atom is 0.224 e. The minimum atomic E-state index is 0.179. The van der Waals surface area contributed by atoms with Gasteiger partial charge in [-0.15, -0.1) is 0 Å². The van der Waals surface area contributed by atoms with Gasteiger partial charge in [0.15, 0.2) is 0 Å². The van der Waals surface area contributed by atoms with Crippen LogP contribution in [0.1, 0.15) is 24.8 Å². The normalized spacial score (nSPS) is 19.1. The van der Waals surface area contributed by atoms with E-state index in [9.17, 15) is 4.79 Å². The molecule has 1 aromatic carbocycles. The van der Waals surface area contributed by atoms with Crippen LogP contribution in [0.2, 0.25) is 5.02 Å². The molecular formula is C17H25ClN2OS. The van der Waals surface area contributed by atoms with Crippen molar-refractivity contribution in [2.75, 3.05) is 32.4 Å². The van der Waals surface area contributed by atoms with Gasteiger partial charge in [0.1, 0.15) is 0 Å². The van der Waals surface area contributed by atoms with Crippen molar-refractivity contribution >= 4 is 29.3 Å². The van der Waals surface area contributed by atoms with E-state index >= 15 is 0 Å². The first kappa shape index (κ1) is 17.6. The number of carbonyl (C=O) groups is 1. The molecule has 1 fully saturated rings. The molecule has 0 aliphatic carbocycles. The van der Waals surface area contributed by atoms with Gasteiger partial charge in [-0.3, -0.25) is 4.79 Å². The number of amides is 1. The molecule has 5 heteroatoms. The maximum absolute atomic E-state index is 12.1. The van der Waals surface area contributed by atoms with Gasteiger partial charge in [0.2, 0.25) is 5.91 Å². The lowest BCUT2D eigenvalue weighted by molar-refractivity contribution is -0.126. The summed E-state index contributed by atoms with van der Waals surface area (Å²) in [4.78, 5) is 14.3. The summed E-state index contributed by atoms with van der Waals surface area (Å²) in [6.07, 6.45) is 3.17. The Balaban J connectivity index is 1.54. The molecule has 1 N–H and O–H groups in total. The van der Waals surface area contributed by atoms with Gasteiger partial charge in [-0.05, 0) is 56.3 Å². The molecule has 1 aromatic rings. The first-order valence-corrected chi connectivity index (χ1v) is 9.47. The Labute approximate surface area is 142 Å². The number of likely N-dealkylation sites (tertiary alicyclic amines) is 1. The zero-order valence-electron chi connectivity index (χ0n) is 13.2. The SMILES string of the molecule is CN1CCC[C@@H](C(=O)NCCCSCc2cccc(Cl)c2)C1. The molecule has 122 valence electrons. The molecule has 0 saturated carbocycles. The van der Waals surface area contributed by atoms with E-state index in [1.54, 1.807) is 0 Å². The average Bonchev–Trinajstić information content (AvgIpc) is 2.50. The predicted octanol–water partition coefficient (Wildman–Crippen LogP) is 3.42. The van der Waals surface area contributed by atoms with Crippen molar-refractivity contribution in [3.05, 3.63) is 34.9 Å². The number of benzene rings is 1. The van der Waals surface area contributed by atoms with Crippen LogP contribution in [0.5, 0.6) is 0 Å². The number of hydrogen-bond acceptors (Lipinski definition) is 3. The van der Waals surface area contributed by atoms with Gasteiger partial charge in [0.25, 0.3) is 0 Å². The second kappa shape index (κ2) is 9.43. The smallest absolute Gasteiger partial charge is 0.224 e. The van der Waals surface area contributed by atoms with Crippen LogP contribution < -0.4 is 5.32 Å². The fraction of sp³-hybridized carbons (Fsp3) is 0.588. The van der Waals surface area contributed by atoms with Gasteiger partial charge in [0.05, 0.1) is 5.92 Å². The molecule has 0 spiro atoms. The summed E-state index contributed by atoms with van der Waals surface area (Å²) in [6, 6.07) is 7.99. The average molecular weight is 341 g/mol. The molecule has 0 bridgehead atoms. The molecule has 3 nitrogen and oxygen atoms in total. The fourth-order valence-corrected chi connectivity index (χ4v) is 3.85. The van der Waals surface area contributed by atoms with Crippen LogP contribution in [0, 0.1) is 5.92 Å². The Bertz CT molecular complexity index is 483. The Hall–Kier alpha value is -0.710. The van der Waals surface area contributed by atoms with Crippen LogP contribution >= 0.6 is 23.4 Å². The Kier molecular flexibility index (Phi) is 7.56. The number of thioether (sulfide) groups is 1. The third kappa shape index (κ3) is 6.19. The number of rotatable bonds is 7. The van der Waals surface area contributed by atoms with E-state index in [1.165, 1.54) is 5.56 Å². The van der Waals surface area contributed by atoms with Gasteiger partial charge in [-0.25, -0.2) is 0 Å². The molecule has 22 heavy (non-hydrogen) atoms. The predicted molar refractivity (Wildman–Crippen MR) is 95.5 cm³/mol. The second-order valence-electron chi connectivity index (χ2n) is 5.93. The minimum Gasteiger partial charge on any atom is -0.356 e. The van der Waals surface area contributed by atoms with Gasteiger partial charge in [0, 0.05) is 23.9 Å². The number of nitrogens with zero attached hydrogens (tertiary/aromatic N) is 1. The summed E-state index contributed by atoms with van der Waals surface area (Å²) in [5, 5.41) is 3.87. The molecule has 0 unspecified atom stereocenters. The van der Waals surface area contributed by atoms with Gasteiger partial charge in [-0.1, -0.05) is 23.7 Å². The van der Waals surface area contributed by atoms with Crippen LogP contribution in [0.15, 0.2) is 24.3 Å². The number of hydrogen-bond donors (Lipinski definition) is 1. The van der Waals surface area contributed by atoms with Crippen molar-refractivity contribution < 1.29 is 4.79 Å². The van der Waals surface area contributed by atoms with Crippen molar-refractivity contribution in [1.82, 2.24) is 10.2 Å². The molecule has 2 rings (SSSR count). The van der Waals surface area contributed by atoms with Crippen molar-refractivity contribution in [2.24, 2.45) is 5.92 Å². The number of nitrogens with one attached hydrogen (secondary N) is 1. The lowest BCUT2D eigenvalue weighted by atomic mass is 9.98. The standard InChI is InChI=1S/C17H25ClN2OS/c1-20-9-3-6-15(12-20)17(21)19-8-4-10-22-13-14-5-2-7-16(18)11-14/h2,5,7,11,15H,3-4,6,8-10,12-13H2,1H3,(H,19,21)/t15-/m1/s1. The van der Waals surface area contributed by atoms with Crippen molar-refractivity contribution in [3.63, 3.8) is 0 Å². The third-order valence-corrected chi connectivity index (χ3v) is 5.27. The first-order valence-electron chi connectivity index (χ1n) is 7.93. The van der Waals surface area contributed by atoms with Gasteiger partial charge < -0.3 is 10.2 Å². The van der Waals surface area contributed by atoms with Crippen molar-refractivity contribution in [1.29, 1.82) is 0 Å². The third-order valence-electron chi connectivity index (χ3n) is 3.92. The van der Waals surface area contributed by atoms with Crippen molar-refractivity contribution in [3.8, 4) is 0 Å². The lowest BCUT2D eigenvalue weighted by Crippen LogP contribution is -2.41. The molecule has 1 aliphatic heterocycles. The summed E-state index contributed by atoms with van der Waals surface area (Å²) in [5.41, 5.74) is 1.26. The van der Waals surface area contributed by atoms with E-state index < -0.39 is 0 Å². The monoisotopic (exact) mass is 340 g/mol. The van der Waals surface area contributed by atoms with Gasteiger partial charge >= 0.3 is 0 Å². The summed E-state index contributed by atoms with van der Waals surface area (Å²) >= 11 is 7.85. The molecule has 1 saturated heterocycles. The highest BCUT2D eigenvalue weighted by Crippen LogP contribution is 2.17. The number of halogens is 1. The largest absolute Gasteiger partial charge is 0.356 e. The molecule has 0 aromatic heterocycles. The Morgan fingerprint density at radius 1 is 1.50 bits per heavy atom. The maximum atomic E-state index is 12.1. The van der Waals surface area contributed by atoms with Crippen molar-refractivity contribution in [2.45, 2.75) is 25.0 Å². The van der Waals surface area contributed by atoms with E-state index in [2.05, 4.69) is 23.3 Å². The lowest BCUT2D eigenvalue weighted by Gasteiger charge is -2.28. The second-order valence-corrected chi connectivity index (χ2v) is 7.47. The molecule has 1 heterocycles. The van der Waals surface area contributed by atoms with Gasteiger partial charge in [-0.2, -0.15) is 11.8 Å². The quantitative estimate of drug-likeness (QED) is 0.772. The van der Waals surface area contributed by atoms with Crippen LogP contribution in [0.25, 0.3) is 0 Å². The Morgan fingerprint density at radius 3 is 3.14 bits per heavy atom. The highest BCUT2D eigenvalue weighted by atomic mass is 35.5. The topological polar surface area (TPSA) is 32.3 Å². The summed E-state index contributed by atoms with van der Waals surface area (Å²) in [6.45, 7) is 2.79. The van der Waals surface area contributed by atoms with E-state index in [0.717, 1.165) is 55.4 Å². The summed E-state index contributed by atoms with van der Waals surface area (Å²) in [7, 11) is 2.09. The highest BCUT2D eigenvalue weighted by molar-refractivity contribution is 7.98. The van der Waals surface area contributed by atoms with E-state index in [-0.39, 0.29) is 11.8 Å². The molecular weight excluding hydrogens is 316 g/mol. The zero-order valence-corrected chi connectivity index (χ0v) is 14.8. The van der Waals surface area contributed by atoms with Crippen LogP contribution in [0.3, 0.4) is 0 Å². The molecule has 0 radical (unpaired) electrons. The fourth-order valence-electron chi connectivity index (χ4n) is 2.73.